The molecule has 2 aliphatic rings. The Morgan fingerprint density at radius 1 is 1.03 bits per heavy atom. The summed E-state index contributed by atoms with van der Waals surface area (Å²) in [5.74, 6) is -0.241. The summed E-state index contributed by atoms with van der Waals surface area (Å²) in [5, 5.41) is 8.05. The van der Waals surface area contributed by atoms with Crippen LogP contribution in [0.15, 0.2) is 47.6 Å². The van der Waals surface area contributed by atoms with Crippen molar-refractivity contribution < 1.29 is 14.4 Å². The van der Waals surface area contributed by atoms with Gasteiger partial charge in [0.25, 0.3) is 0 Å². The number of carbonyl (C=O) groups is 2. The lowest BCUT2D eigenvalue weighted by molar-refractivity contribution is -0.130. The molecule has 180 valence electrons. The molecular formula is C27H30Cl2N2O3. The maximum absolute atomic E-state index is 13.6. The Bertz CT molecular complexity index is 1170. The van der Waals surface area contributed by atoms with E-state index >= 15 is 0 Å². The Kier molecular flexibility index (Phi) is 6.32. The van der Waals surface area contributed by atoms with Crippen molar-refractivity contribution >= 4 is 46.5 Å². The van der Waals surface area contributed by atoms with E-state index in [4.69, 9.17) is 28.0 Å². The van der Waals surface area contributed by atoms with Crippen LogP contribution in [0.4, 0.5) is 5.69 Å². The summed E-state index contributed by atoms with van der Waals surface area (Å²) >= 11 is 12.1. The van der Waals surface area contributed by atoms with Gasteiger partial charge in [0.05, 0.1) is 21.7 Å². The van der Waals surface area contributed by atoms with Crippen molar-refractivity contribution in [3.8, 4) is 0 Å². The van der Waals surface area contributed by atoms with Gasteiger partial charge in [-0.2, -0.15) is 0 Å². The summed E-state index contributed by atoms with van der Waals surface area (Å²) in [6, 6.07) is 12.6. The zero-order chi connectivity index (χ0) is 24.9. The van der Waals surface area contributed by atoms with Gasteiger partial charge < -0.3 is 10.2 Å². The van der Waals surface area contributed by atoms with E-state index in [2.05, 4.69) is 45.1 Å². The van der Waals surface area contributed by atoms with E-state index in [1.165, 1.54) is 17.7 Å². The van der Waals surface area contributed by atoms with Crippen molar-refractivity contribution in [1.82, 2.24) is 0 Å². The highest BCUT2D eigenvalue weighted by Crippen LogP contribution is 2.71. The monoisotopic (exact) mass is 500 g/mol. The fourth-order valence-electron chi connectivity index (χ4n) is 5.53. The third kappa shape index (κ3) is 3.83. The number of fused-ring (bicyclic) bond motifs is 2. The summed E-state index contributed by atoms with van der Waals surface area (Å²) in [5.41, 5.74) is 1.56. The number of amides is 1. The number of anilines is 1. The normalized spacial score (nSPS) is 26.2. The van der Waals surface area contributed by atoms with E-state index in [0.717, 1.165) is 24.2 Å². The first-order valence-corrected chi connectivity index (χ1v) is 12.3. The highest BCUT2D eigenvalue weighted by molar-refractivity contribution is 6.36. The summed E-state index contributed by atoms with van der Waals surface area (Å²) < 4.78 is 0. The van der Waals surface area contributed by atoms with Crippen LogP contribution in [0.1, 0.15) is 75.7 Å². The minimum atomic E-state index is -0.651. The number of hydrogen-bond donors (Lipinski definition) is 1. The summed E-state index contributed by atoms with van der Waals surface area (Å²) in [7, 11) is 0. The SMILES string of the molecule is CC(C)c1ccc(NC(=O)C23CCC(C)(C(=NOC(=O)c4ccc(Cl)cc4Cl)C2)C3(C)C)cc1. The molecular weight excluding hydrogens is 471 g/mol. The van der Waals surface area contributed by atoms with Crippen LogP contribution in [0.25, 0.3) is 0 Å². The Morgan fingerprint density at radius 2 is 1.71 bits per heavy atom. The average molecular weight is 501 g/mol. The molecule has 2 atom stereocenters. The number of hydrogen-bond acceptors (Lipinski definition) is 4. The molecule has 7 heteroatoms. The molecule has 2 unspecified atom stereocenters. The van der Waals surface area contributed by atoms with E-state index in [-0.39, 0.29) is 27.3 Å². The Balaban J connectivity index is 1.56. The Labute approximate surface area is 210 Å². The van der Waals surface area contributed by atoms with Crippen molar-refractivity contribution in [2.24, 2.45) is 21.4 Å². The Hall–Kier alpha value is -2.37. The molecule has 2 fully saturated rings. The first-order valence-electron chi connectivity index (χ1n) is 11.6. The second-order valence-electron chi connectivity index (χ2n) is 10.5. The van der Waals surface area contributed by atoms with Crippen molar-refractivity contribution in [1.29, 1.82) is 0 Å². The van der Waals surface area contributed by atoms with Crippen molar-refractivity contribution in [2.45, 2.75) is 59.8 Å². The van der Waals surface area contributed by atoms with E-state index in [1.54, 1.807) is 6.07 Å². The van der Waals surface area contributed by atoms with Crippen LogP contribution in [0.3, 0.4) is 0 Å². The maximum Gasteiger partial charge on any atom is 0.367 e. The molecule has 0 saturated heterocycles. The molecule has 2 saturated carbocycles. The fourth-order valence-corrected chi connectivity index (χ4v) is 6.01. The van der Waals surface area contributed by atoms with Crippen LogP contribution >= 0.6 is 23.2 Å². The van der Waals surface area contributed by atoms with E-state index in [0.29, 0.717) is 17.4 Å². The van der Waals surface area contributed by atoms with Gasteiger partial charge in [0, 0.05) is 22.5 Å². The van der Waals surface area contributed by atoms with E-state index < -0.39 is 11.4 Å². The highest BCUT2D eigenvalue weighted by Gasteiger charge is 2.71. The predicted octanol–water partition coefficient (Wildman–Crippen LogP) is 7.48. The first-order chi connectivity index (χ1) is 15.9. The largest absolute Gasteiger partial charge is 0.367 e. The maximum atomic E-state index is 13.6. The molecule has 2 bridgehead atoms. The molecule has 5 nitrogen and oxygen atoms in total. The van der Waals surface area contributed by atoms with Gasteiger partial charge in [0.15, 0.2) is 0 Å². The molecule has 0 spiro atoms. The molecule has 4 rings (SSSR count). The predicted molar refractivity (Wildman–Crippen MR) is 137 cm³/mol. The summed E-state index contributed by atoms with van der Waals surface area (Å²) in [6.45, 7) is 10.6. The molecule has 1 amide bonds. The number of nitrogens with one attached hydrogen (secondary N) is 1. The zero-order valence-corrected chi connectivity index (χ0v) is 21.7. The van der Waals surface area contributed by atoms with Gasteiger partial charge in [-0.3, -0.25) is 4.79 Å². The molecule has 2 aliphatic carbocycles. The van der Waals surface area contributed by atoms with Crippen molar-refractivity contribution in [3.05, 3.63) is 63.6 Å². The average Bonchev–Trinajstić information content (AvgIpc) is 3.08. The van der Waals surface area contributed by atoms with Crippen LogP contribution in [0.5, 0.6) is 0 Å². The van der Waals surface area contributed by atoms with Crippen LogP contribution in [-0.2, 0) is 9.63 Å². The van der Waals surface area contributed by atoms with Crippen LogP contribution in [-0.4, -0.2) is 17.6 Å². The van der Waals surface area contributed by atoms with Crippen molar-refractivity contribution in [2.75, 3.05) is 5.32 Å². The lowest BCUT2D eigenvalue weighted by Crippen LogP contribution is -2.43. The summed E-state index contributed by atoms with van der Waals surface area (Å²) in [6.07, 6.45) is 1.98. The van der Waals surface area contributed by atoms with Gasteiger partial charge in [-0.25, -0.2) is 4.79 Å². The lowest BCUT2D eigenvalue weighted by atomic mass is 9.64. The smallest absolute Gasteiger partial charge is 0.326 e. The molecule has 2 aromatic carbocycles. The van der Waals surface area contributed by atoms with Crippen molar-refractivity contribution in [3.63, 3.8) is 0 Å². The van der Waals surface area contributed by atoms with Gasteiger partial charge in [-0.05, 0) is 60.1 Å². The van der Waals surface area contributed by atoms with Gasteiger partial charge in [0.1, 0.15) is 0 Å². The molecule has 1 N–H and O–H groups in total. The number of halogens is 2. The van der Waals surface area contributed by atoms with Gasteiger partial charge in [-0.1, -0.05) is 75.1 Å². The molecule has 34 heavy (non-hydrogen) atoms. The molecule has 0 aromatic heterocycles. The number of nitrogens with zero attached hydrogens (tertiary/aromatic N) is 1. The van der Waals surface area contributed by atoms with Gasteiger partial charge >= 0.3 is 5.97 Å². The van der Waals surface area contributed by atoms with Gasteiger partial charge in [0.2, 0.25) is 5.91 Å². The van der Waals surface area contributed by atoms with E-state index in [9.17, 15) is 9.59 Å². The minimum absolute atomic E-state index is 0.0178. The quantitative estimate of drug-likeness (QED) is 0.341. The van der Waals surface area contributed by atoms with Crippen LogP contribution in [0.2, 0.25) is 10.0 Å². The molecule has 0 heterocycles. The lowest BCUT2D eigenvalue weighted by Gasteiger charge is -2.39. The first kappa shape index (κ1) is 24.7. The topological polar surface area (TPSA) is 67.8 Å². The standard InChI is InChI=1S/C27H30Cl2N2O3/c1-16(2)17-6-9-19(10-7-17)30-24(33)27-13-12-26(5,25(27,3)4)22(15-27)31-34-23(32)20-11-8-18(28)14-21(20)29/h6-11,14,16H,12-13,15H2,1-5H3,(H,30,33). The second kappa shape index (κ2) is 8.69. The zero-order valence-electron chi connectivity index (χ0n) is 20.2. The minimum Gasteiger partial charge on any atom is -0.326 e. The highest BCUT2D eigenvalue weighted by atomic mass is 35.5. The third-order valence-corrected chi connectivity index (χ3v) is 8.94. The second-order valence-corrected chi connectivity index (χ2v) is 11.3. The number of benzene rings is 2. The number of oxime groups is 1. The Morgan fingerprint density at radius 3 is 2.32 bits per heavy atom. The van der Waals surface area contributed by atoms with Crippen LogP contribution in [0, 0.1) is 16.2 Å². The molecule has 2 aromatic rings. The number of carbonyl (C=O) groups excluding carboxylic acids is 2. The summed E-state index contributed by atoms with van der Waals surface area (Å²) in [4.78, 5) is 31.6. The fraction of sp³-hybridized carbons (Fsp3) is 0.444. The molecule has 0 radical (unpaired) electrons. The van der Waals surface area contributed by atoms with Crippen LogP contribution < -0.4 is 5.32 Å². The molecule has 0 aliphatic heterocycles. The number of rotatable bonds is 5. The third-order valence-electron chi connectivity index (χ3n) is 8.39. The van der Waals surface area contributed by atoms with E-state index in [1.807, 2.05) is 24.3 Å². The van der Waals surface area contributed by atoms with Gasteiger partial charge in [-0.15, -0.1) is 0 Å².